The minimum atomic E-state index is -0.401. The molecule has 0 aliphatic carbocycles. The molecule has 0 spiro atoms. The van der Waals surface area contributed by atoms with E-state index in [9.17, 15) is 15.0 Å². The number of phenols is 2. The second-order valence-electron chi connectivity index (χ2n) is 5.80. The number of aromatic hydroxyl groups is 2. The third-order valence-electron chi connectivity index (χ3n) is 4.10. The molecule has 0 saturated heterocycles. The fourth-order valence-corrected chi connectivity index (χ4v) is 2.63. The van der Waals surface area contributed by atoms with E-state index in [-0.39, 0.29) is 22.6 Å². The van der Waals surface area contributed by atoms with Crippen LogP contribution in [0.3, 0.4) is 0 Å². The van der Waals surface area contributed by atoms with Gasteiger partial charge in [0.25, 0.3) is 0 Å². The molecule has 2 aromatic rings. The lowest BCUT2D eigenvalue weighted by molar-refractivity contribution is 0.103. The monoisotopic (exact) mass is 328 g/mol. The van der Waals surface area contributed by atoms with Crippen LogP contribution >= 0.6 is 0 Å². The Morgan fingerprint density at radius 2 is 1.33 bits per heavy atom. The van der Waals surface area contributed by atoms with Gasteiger partial charge in [-0.1, -0.05) is 0 Å². The molecule has 2 rings (SSSR count). The van der Waals surface area contributed by atoms with Gasteiger partial charge in [0, 0.05) is 50.7 Å². The second kappa shape index (κ2) is 7.25. The van der Waals surface area contributed by atoms with E-state index in [2.05, 4.69) is 4.90 Å². The number of hydrogen-bond acceptors (Lipinski definition) is 5. The summed E-state index contributed by atoms with van der Waals surface area (Å²) in [6, 6.07) is 9.87. The number of ketones is 1. The predicted molar refractivity (Wildman–Crippen MR) is 97.5 cm³/mol. The zero-order valence-electron chi connectivity index (χ0n) is 14.6. The van der Waals surface area contributed by atoms with Crippen LogP contribution in [0.1, 0.15) is 29.8 Å². The number of carbonyl (C=O) groups is 1. The molecule has 0 atom stereocenters. The minimum absolute atomic E-state index is 0.0829. The quantitative estimate of drug-likeness (QED) is 0.797. The molecule has 0 aromatic heterocycles. The molecule has 5 heteroatoms. The van der Waals surface area contributed by atoms with Crippen molar-refractivity contribution in [3.05, 3.63) is 47.5 Å². The zero-order chi connectivity index (χ0) is 17.9. The van der Waals surface area contributed by atoms with Crippen molar-refractivity contribution in [3.63, 3.8) is 0 Å². The smallest absolute Gasteiger partial charge is 0.200 e. The van der Waals surface area contributed by atoms with Gasteiger partial charge >= 0.3 is 0 Å². The van der Waals surface area contributed by atoms with Crippen molar-refractivity contribution < 1.29 is 15.0 Å². The standard InChI is InChI=1S/C19H24N2O3/c1-5-21(6-2)14-8-10-16(18(23)12-14)19(24)15-9-7-13(20(3)4)11-17(15)22/h7-12,22-23H,5-6H2,1-4H3. The number of carbonyl (C=O) groups excluding carboxylic acids is 1. The highest BCUT2D eigenvalue weighted by molar-refractivity contribution is 6.12. The number of anilines is 2. The first kappa shape index (κ1) is 17.7. The molecule has 128 valence electrons. The molecule has 0 saturated carbocycles. The maximum absolute atomic E-state index is 12.6. The number of hydrogen-bond donors (Lipinski definition) is 2. The van der Waals surface area contributed by atoms with Gasteiger partial charge in [-0.25, -0.2) is 0 Å². The van der Waals surface area contributed by atoms with E-state index < -0.39 is 5.78 Å². The van der Waals surface area contributed by atoms with Crippen LogP contribution in [-0.2, 0) is 0 Å². The fraction of sp³-hybridized carbons (Fsp3) is 0.316. The Labute approximate surface area is 142 Å². The average molecular weight is 328 g/mol. The summed E-state index contributed by atoms with van der Waals surface area (Å²) >= 11 is 0. The summed E-state index contributed by atoms with van der Waals surface area (Å²) in [6.45, 7) is 5.69. The highest BCUT2D eigenvalue weighted by Crippen LogP contribution is 2.30. The Hall–Kier alpha value is -2.69. The van der Waals surface area contributed by atoms with Gasteiger partial charge in [-0.3, -0.25) is 4.79 Å². The van der Waals surface area contributed by atoms with Gasteiger partial charge in [0.15, 0.2) is 5.78 Å². The summed E-state index contributed by atoms with van der Waals surface area (Å²) in [5.74, 6) is -0.583. The van der Waals surface area contributed by atoms with Gasteiger partial charge < -0.3 is 20.0 Å². The molecule has 0 amide bonds. The summed E-state index contributed by atoms with van der Waals surface area (Å²) in [6.07, 6.45) is 0. The van der Waals surface area contributed by atoms with E-state index in [1.165, 1.54) is 6.07 Å². The Morgan fingerprint density at radius 1 is 0.875 bits per heavy atom. The van der Waals surface area contributed by atoms with Crippen molar-refractivity contribution in [2.75, 3.05) is 37.0 Å². The van der Waals surface area contributed by atoms with Gasteiger partial charge in [0.1, 0.15) is 11.5 Å². The highest BCUT2D eigenvalue weighted by Gasteiger charge is 2.18. The molecule has 0 radical (unpaired) electrons. The van der Waals surface area contributed by atoms with Crippen LogP contribution in [0.2, 0.25) is 0 Å². The Kier molecular flexibility index (Phi) is 5.34. The number of rotatable bonds is 6. The van der Waals surface area contributed by atoms with E-state index in [1.807, 2.05) is 38.9 Å². The third kappa shape index (κ3) is 3.45. The summed E-state index contributed by atoms with van der Waals surface area (Å²) in [5.41, 5.74) is 2.01. The summed E-state index contributed by atoms with van der Waals surface area (Å²) < 4.78 is 0. The molecule has 24 heavy (non-hydrogen) atoms. The SMILES string of the molecule is CCN(CC)c1ccc(C(=O)c2ccc(N(C)C)cc2O)c(O)c1. The van der Waals surface area contributed by atoms with Crippen LogP contribution in [0.25, 0.3) is 0 Å². The van der Waals surface area contributed by atoms with Crippen molar-refractivity contribution in [1.29, 1.82) is 0 Å². The summed E-state index contributed by atoms with van der Waals surface area (Å²) in [7, 11) is 3.71. The lowest BCUT2D eigenvalue weighted by Crippen LogP contribution is -2.21. The maximum atomic E-state index is 12.6. The molecule has 0 heterocycles. The Balaban J connectivity index is 2.37. The van der Waals surface area contributed by atoms with Crippen LogP contribution in [0, 0.1) is 0 Å². The Morgan fingerprint density at radius 3 is 1.75 bits per heavy atom. The summed E-state index contributed by atoms with van der Waals surface area (Å²) in [5, 5.41) is 20.4. The highest BCUT2D eigenvalue weighted by atomic mass is 16.3. The first-order valence-corrected chi connectivity index (χ1v) is 8.02. The molecular formula is C19H24N2O3. The molecule has 0 aliphatic rings. The van der Waals surface area contributed by atoms with Crippen molar-refractivity contribution in [1.82, 2.24) is 0 Å². The van der Waals surface area contributed by atoms with E-state index in [0.29, 0.717) is 0 Å². The predicted octanol–water partition coefficient (Wildman–Crippen LogP) is 3.24. The number of nitrogens with zero attached hydrogens (tertiary/aromatic N) is 2. The molecule has 0 unspecified atom stereocenters. The molecule has 2 aromatic carbocycles. The van der Waals surface area contributed by atoms with Crippen LogP contribution in [0.4, 0.5) is 11.4 Å². The average Bonchev–Trinajstić information content (AvgIpc) is 2.55. The first-order valence-electron chi connectivity index (χ1n) is 8.02. The van der Waals surface area contributed by atoms with Crippen molar-refractivity contribution >= 4 is 17.2 Å². The lowest BCUT2D eigenvalue weighted by atomic mass is 10.0. The van der Waals surface area contributed by atoms with Gasteiger partial charge in [-0.15, -0.1) is 0 Å². The van der Waals surface area contributed by atoms with E-state index in [1.54, 1.807) is 24.3 Å². The number of benzene rings is 2. The van der Waals surface area contributed by atoms with E-state index in [0.717, 1.165) is 24.5 Å². The van der Waals surface area contributed by atoms with Crippen LogP contribution in [0.15, 0.2) is 36.4 Å². The molecular weight excluding hydrogens is 304 g/mol. The maximum Gasteiger partial charge on any atom is 0.200 e. The van der Waals surface area contributed by atoms with Crippen molar-refractivity contribution in [2.24, 2.45) is 0 Å². The number of phenolic OH excluding ortho intramolecular Hbond substituents is 2. The lowest BCUT2D eigenvalue weighted by Gasteiger charge is -2.21. The second-order valence-corrected chi connectivity index (χ2v) is 5.80. The molecule has 5 nitrogen and oxygen atoms in total. The van der Waals surface area contributed by atoms with Crippen LogP contribution in [-0.4, -0.2) is 43.2 Å². The van der Waals surface area contributed by atoms with E-state index >= 15 is 0 Å². The molecule has 0 aliphatic heterocycles. The first-order chi connectivity index (χ1) is 11.4. The van der Waals surface area contributed by atoms with E-state index in [4.69, 9.17) is 0 Å². The van der Waals surface area contributed by atoms with Gasteiger partial charge in [-0.05, 0) is 38.1 Å². The molecule has 2 N–H and O–H groups in total. The van der Waals surface area contributed by atoms with Gasteiger partial charge in [0.05, 0.1) is 11.1 Å². The normalized spacial score (nSPS) is 10.5. The van der Waals surface area contributed by atoms with Gasteiger partial charge in [-0.2, -0.15) is 0 Å². The summed E-state index contributed by atoms with van der Waals surface area (Å²) in [4.78, 5) is 16.6. The zero-order valence-corrected chi connectivity index (χ0v) is 14.6. The minimum Gasteiger partial charge on any atom is -0.507 e. The largest absolute Gasteiger partial charge is 0.507 e. The third-order valence-corrected chi connectivity index (χ3v) is 4.10. The van der Waals surface area contributed by atoms with Crippen LogP contribution in [0.5, 0.6) is 11.5 Å². The Bertz CT molecular complexity index is 737. The molecule has 0 fully saturated rings. The van der Waals surface area contributed by atoms with Crippen molar-refractivity contribution in [2.45, 2.75) is 13.8 Å². The molecule has 0 bridgehead atoms. The van der Waals surface area contributed by atoms with Gasteiger partial charge in [0.2, 0.25) is 0 Å². The fourth-order valence-electron chi connectivity index (χ4n) is 2.63. The van der Waals surface area contributed by atoms with Crippen molar-refractivity contribution in [3.8, 4) is 11.5 Å². The topological polar surface area (TPSA) is 64.0 Å². The van der Waals surface area contributed by atoms with Crippen LogP contribution < -0.4 is 9.80 Å².